The SMILES string of the molecule is CCOc1ccsc1C(=O)N1CCC2(CC1)CC(CN1CCC(F)(F)CC1)O2. The molecule has 4 rings (SSSR count). The van der Waals surface area contributed by atoms with Crippen molar-refractivity contribution in [3.05, 3.63) is 16.3 Å². The zero-order valence-corrected chi connectivity index (χ0v) is 17.1. The molecule has 1 atom stereocenters. The summed E-state index contributed by atoms with van der Waals surface area (Å²) in [5, 5.41) is 1.89. The van der Waals surface area contributed by atoms with Crippen LogP contribution in [0.25, 0.3) is 0 Å². The molecule has 1 spiro atoms. The van der Waals surface area contributed by atoms with Gasteiger partial charge in [0.2, 0.25) is 0 Å². The fraction of sp³-hybridized carbons (Fsp3) is 0.750. The maximum absolute atomic E-state index is 13.3. The molecule has 0 radical (unpaired) electrons. The summed E-state index contributed by atoms with van der Waals surface area (Å²) in [5.74, 6) is -1.79. The molecule has 1 unspecified atom stereocenters. The van der Waals surface area contributed by atoms with Crippen molar-refractivity contribution in [3.63, 3.8) is 0 Å². The molecule has 0 aliphatic carbocycles. The van der Waals surface area contributed by atoms with E-state index in [0.717, 1.165) is 25.8 Å². The highest BCUT2D eigenvalue weighted by atomic mass is 32.1. The quantitative estimate of drug-likeness (QED) is 0.738. The topological polar surface area (TPSA) is 42.0 Å². The van der Waals surface area contributed by atoms with Gasteiger partial charge in [-0.05, 0) is 31.2 Å². The first-order chi connectivity index (χ1) is 13.4. The Bertz CT molecular complexity index is 685. The second-order valence-electron chi connectivity index (χ2n) is 8.12. The monoisotopic (exact) mass is 414 g/mol. The van der Waals surface area contributed by atoms with Gasteiger partial charge < -0.3 is 19.3 Å². The maximum atomic E-state index is 13.3. The van der Waals surface area contributed by atoms with Crippen molar-refractivity contribution in [2.45, 2.75) is 56.7 Å². The van der Waals surface area contributed by atoms with Gasteiger partial charge in [-0.3, -0.25) is 4.79 Å². The van der Waals surface area contributed by atoms with Gasteiger partial charge in [0.05, 0.1) is 18.3 Å². The second-order valence-corrected chi connectivity index (χ2v) is 9.04. The lowest BCUT2D eigenvalue weighted by Gasteiger charge is -2.53. The van der Waals surface area contributed by atoms with E-state index in [9.17, 15) is 13.6 Å². The highest BCUT2D eigenvalue weighted by Crippen LogP contribution is 2.42. The van der Waals surface area contributed by atoms with Crippen LogP contribution in [-0.4, -0.2) is 72.7 Å². The molecule has 1 aromatic rings. The third kappa shape index (κ3) is 4.19. The minimum Gasteiger partial charge on any atom is -0.492 e. The third-order valence-electron chi connectivity index (χ3n) is 6.15. The van der Waals surface area contributed by atoms with Gasteiger partial charge in [-0.15, -0.1) is 11.3 Å². The normalized spacial score (nSPS) is 26.8. The molecule has 156 valence electrons. The molecular weight excluding hydrogens is 386 g/mol. The van der Waals surface area contributed by atoms with Gasteiger partial charge in [0.25, 0.3) is 11.8 Å². The Hall–Kier alpha value is -1.25. The van der Waals surface area contributed by atoms with Crippen molar-refractivity contribution in [3.8, 4) is 5.75 Å². The Morgan fingerprint density at radius 1 is 1.25 bits per heavy atom. The maximum Gasteiger partial charge on any atom is 0.267 e. The van der Waals surface area contributed by atoms with Crippen molar-refractivity contribution in [1.29, 1.82) is 0 Å². The Morgan fingerprint density at radius 2 is 1.93 bits per heavy atom. The first-order valence-electron chi connectivity index (χ1n) is 10.2. The summed E-state index contributed by atoms with van der Waals surface area (Å²) >= 11 is 1.42. The molecule has 3 aliphatic heterocycles. The average Bonchev–Trinajstić information content (AvgIpc) is 3.11. The molecule has 1 aromatic heterocycles. The zero-order chi connectivity index (χ0) is 19.8. The van der Waals surface area contributed by atoms with Crippen LogP contribution in [0.2, 0.25) is 0 Å². The number of likely N-dealkylation sites (tertiary alicyclic amines) is 2. The average molecular weight is 415 g/mol. The van der Waals surface area contributed by atoms with E-state index in [1.807, 2.05) is 23.3 Å². The Balaban J connectivity index is 1.23. The van der Waals surface area contributed by atoms with Crippen LogP contribution < -0.4 is 4.74 Å². The summed E-state index contributed by atoms with van der Waals surface area (Å²) in [4.78, 5) is 17.5. The lowest BCUT2D eigenvalue weighted by molar-refractivity contribution is -0.229. The summed E-state index contributed by atoms with van der Waals surface area (Å²) in [6.07, 6.45) is 2.68. The molecule has 0 saturated carbocycles. The molecule has 28 heavy (non-hydrogen) atoms. The Labute approximate surface area is 168 Å². The number of ether oxygens (including phenoxy) is 2. The summed E-state index contributed by atoms with van der Waals surface area (Å²) < 4.78 is 38.3. The van der Waals surface area contributed by atoms with E-state index in [-0.39, 0.29) is 30.5 Å². The number of amides is 1. The highest BCUT2D eigenvalue weighted by molar-refractivity contribution is 7.12. The minimum atomic E-state index is -2.50. The number of nitrogens with zero attached hydrogens (tertiary/aromatic N) is 2. The van der Waals surface area contributed by atoms with Crippen LogP contribution in [0.4, 0.5) is 8.78 Å². The minimum absolute atomic E-state index is 0.0402. The molecule has 3 fully saturated rings. The van der Waals surface area contributed by atoms with Gasteiger partial charge in [-0.25, -0.2) is 8.78 Å². The lowest BCUT2D eigenvalue weighted by atomic mass is 9.80. The van der Waals surface area contributed by atoms with E-state index < -0.39 is 5.92 Å². The number of thiophene rings is 1. The van der Waals surface area contributed by atoms with Crippen LogP contribution in [0.1, 0.15) is 48.7 Å². The number of hydrogen-bond donors (Lipinski definition) is 0. The second kappa shape index (κ2) is 7.88. The van der Waals surface area contributed by atoms with Gasteiger partial charge in [-0.1, -0.05) is 0 Å². The number of carbonyl (C=O) groups excluding carboxylic acids is 1. The van der Waals surface area contributed by atoms with Crippen LogP contribution in [0.15, 0.2) is 11.4 Å². The van der Waals surface area contributed by atoms with E-state index >= 15 is 0 Å². The van der Waals surface area contributed by atoms with Crippen LogP contribution in [0.5, 0.6) is 5.75 Å². The van der Waals surface area contributed by atoms with Crippen molar-refractivity contribution in [1.82, 2.24) is 9.80 Å². The van der Waals surface area contributed by atoms with Crippen molar-refractivity contribution in [2.75, 3.05) is 39.3 Å². The Morgan fingerprint density at radius 3 is 2.57 bits per heavy atom. The van der Waals surface area contributed by atoms with E-state index in [4.69, 9.17) is 9.47 Å². The van der Waals surface area contributed by atoms with Crippen LogP contribution in [-0.2, 0) is 4.74 Å². The summed E-state index contributed by atoms with van der Waals surface area (Å²) in [6, 6.07) is 1.85. The molecule has 4 heterocycles. The largest absolute Gasteiger partial charge is 0.492 e. The van der Waals surface area contributed by atoms with E-state index in [1.54, 1.807) is 0 Å². The first kappa shape index (κ1) is 20.0. The predicted octanol–water partition coefficient (Wildman–Crippen LogP) is 3.64. The number of halogens is 2. The van der Waals surface area contributed by atoms with Crippen LogP contribution in [0, 0.1) is 0 Å². The smallest absolute Gasteiger partial charge is 0.267 e. The molecule has 8 heteroatoms. The Kier molecular flexibility index (Phi) is 5.64. The van der Waals surface area contributed by atoms with Crippen molar-refractivity contribution >= 4 is 17.2 Å². The zero-order valence-electron chi connectivity index (χ0n) is 16.3. The van der Waals surface area contributed by atoms with Gasteiger partial charge in [-0.2, -0.15) is 0 Å². The summed E-state index contributed by atoms with van der Waals surface area (Å²) in [7, 11) is 0. The molecule has 3 saturated heterocycles. The van der Waals surface area contributed by atoms with Crippen LogP contribution >= 0.6 is 11.3 Å². The number of rotatable bonds is 5. The van der Waals surface area contributed by atoms with Gasteiger partial charge in [0, 0.05) is 52.0 Å². The van der Waals surface area contributed by atoms with E-state index in [1.165, 1.54) is 11.3 Å². The molecule has 0 aromatic carbocycles. The van der Waals surface area contributed by atoms with Crippen LogP contribution in [0.3, 0.4) is 0 Å². The lowest BCUT2D eigenvalue weighted by Crippen LogP contribution is -2.60. The number of carbonyl (C=O) groups is 1. The third-order valence-corrected chi connectivity index (χ3v) is 7.03. The first-order valence-corrected chi connectivity index (χ1v) is 11.1. The predicted molar refractivity (Wildman–Crippen MR) is 103 cm³/mol. The van der Waals surface area contributed by atoms with Gasteiger partial charge >= 0.3 is 0 Å². The molecular formula is C20H28F2N2O3S. The summed E-state index contributed by atoms with van der Waals surface area (Å²) in [6.45, 7) is 5.47. The summed E-state index contributed by atoms with van der Waals surface area (Å²) in [5.41, 5.74) is -0.126. The number of hydrogen-bond acceptors (Lipinski definition) is 5. The number of alkyl halides is 2. The van der Waals surface area contributed by atoms with E-state index in [0.29, 0.717) is 43.4 Å². The molecule has 1 amide bonds. The molecule has 5 nitrogen and oxygen atoms in total. The van der Waals surface area contributed by atoms with Gasteiger partial charge in [0.1, 0.15) is 10.6 Å². The van der Waals surface area contributed by atoms with Gasteiger partial charge in [0.15, 0.2) is 0 Å². The molecule has 3 aliphatic rings. The standard InChI is InChI=1S/C20H28F2N2O3S/c1-2-26-16-3-12-28-17(16)18(25)24-10-4-19(5-11-24)13-15(27-19)14-23-8-6-20(21,22)7-9-23/h3,12,15H,2,4-11,13-14H2,1H3. The van der Waals surface area contributed by atoms with Crippen molar-refractivity contribution in [2.24, 2.45) is 0 Å². The fourth-order valence-corrected chi connectivity index (χ4v) is 5.32. The fourth-order valence-electron chi connectivity index (χ4n) is 4.52. The van der Waals surface area contributed by atoms with E-state index in [2.05, 4.69) is 4.90 Å². The number of piperidine rings is 2. The highest BCUT2D eigenvalue weighted by Gasteiger charge is 2.48. The van der Waals surface area contributed by atoms with Crippen molar-refractivity contribution < 1.29 is 23.0 Å². The molecule has 0 N–H and O–H groups in total. The molecule has 0 bridgehead atoms.